The fraction of sp³-hybridized carbons (Fsp3) is 0.167. The number of carbonyl (C=O) groups excluding carboxylic acids is 1. The minimum atomic E-state index is -0.162. The minimum absolute atomic E-state index is 0.108. The molecule has 0 spiro atoms. The third-order valence-electron chi connectivity index (χ3n) is 0.862. The van der Waals surface area contributed by atoms with Crippen LogP contribution in [0.1, 0.15) is 6.42 Å². The molecule has 0 atom stereocenters. The Kier molecular flexibility index (Phi) is 1.16. The van der Waals surface area contributed by atoms with Gasteiger partial charge in [-0.3, -0.25) is 4.79 Å². The average molecular weight is 109 g/mol. The fourth-order valence-electron chi connectivity index (χ4n) is 0.505. The molecule has 8 heavy (non-hydrogen) atoms. The molecule has 41 valence electrons. The van der Waals surface area contributed by atoms with Crippen molar-refractivity contribution in [3.05, 3.63) is 24.0 Å². The smallest absolute Gasteiger partial charge is 0.171 e. The van der Waals surface area contributed by atoms with Gasteiger partial charge in [-0.25, -0.2) is 0 Å². The molecule has 1 rings (SSSR count). The quantitative estimate of drug-likeness (QED) is 0.498. The summed E-state index contributed by atoms with van der Waals surface area (Å²) >= 11 is 0. The Balaban J connectivity index is 2.73. The van der Waals surface area contributed by atoms with Gasteiger partial charge in [-0.2, -0.15) is 0 Å². The van der Waals surface area contributed by atoms with Gasteiger partial charge in [0.05, 0.1) is 12.2 Å². The van der Waals surface area contributed by atoms with Gasteiger partial charge in [-0.1, -0.05) is 0 Å². The summed E-state index contributed by atoms with van der Waals surface area (Å²) in [5.41, 5.74) is 0. The number of aliphatic hydroxyl groups excluding tert-OH is 1. The highest BCUT2D eigenvalue weighted by Gasteiger charge is 2.03. The van der Waals surface area contributed by atoms with Gasteiger partial charge in [0.25, 0.3) is 0 Å². The zero-order valence-corrected chi connectivity index (χ0v) is 4.22. The Hall–Kier alpha value is -1.05. The molecule has 0 unspecified atom stereocenters. The SMILES string of the molecule is O=C1[C]=CC=C(O)C1. The molecule has 0 saturated heterocycles. The third-order valence-corrected chi connectivity index (χ3v) is 0.862. The number of allylic oxidation sites excluding steroid dienone is 4. The molecule has 1 aliphatic carbocycles. The first kappa shape index (κ1) is 5.09. The topological polar surface area (TPSA) is 37.3 Å². The van der Waals surface area contributed by atoms with Crippen molar-refractivity contribution < 1.29 is 9.90 Å². The van der Waals surface area contributed by atoms with Crippen molar-refractivity contribution >= 4 is 5.78 Å². The van der Waals surface area contributed by atoms with Crippen molar-refractivity contribution in [2.75, 3.05) is 0 Å². The van der Waals surface area contributed by atoms with E-state index in [1.165, 1.54) is 12.2 Å². The first-order valence-corrected chi connectivity index (χ1v) is 2.30. The van der Waals surface area contributed by atoms with Gasteiger partial charge in [0.15, 0.2) is 5.78 Å². The van der Waals surface area contributed by atoms with Gasteiger partial charge in [0, 0.05) is 6.08 Å². The lowest BCUT2D eigenvalue weighted by molar-refractivity contribution is -0.115. The van der Waals surface area contributed by atoms with Crippen LogP contribution >= 0.6 is 0 Å². The van der Waals surface area contributed by atoms with Gasteiger partial charge in [-0.15, -0.1) is 0 Å². The number of rotatable bonds is 0. The summed E-state index contributed by atoms with van der Waals surface area (Å²) in [4.78, 5) is 10.3. The molecule has 0 aromatic rings. The van der Waals surface area contributed by atoms with Crippen LogP contribution in [0.3, 0.4) is 0 Å². The first-order valence-electron chi connectivity index (χ1n) is 2.30. The van der Waals surface area contributed by atoms with Crippen LogP contribution in [0, 0.1) is 6.08 Å². The molecule has 1 N–H and O–H groups in total. The highest BCUT2D eigenvalue weighted by atomic mass is 16.3. The van der Waals surface area contributed by atoms with E-state index in [4.69, 9.17) is 5.11 Å². The van der Waals surface area contributed by atoms with E-state index in [0.717, 1.165) is 0 Å². The Labute approximate surface area is 47.1 Å². The lowest BCUT2D eigenvalue weighted by Gasteiger charge is -1.96. The molecule has 0 aliphatic heterocycles. The van der Waals surface area contributed by atoms with Crippen LogP contribution in [0.5, 0.6) is 0 Å². The maximum absolute atomic E-state index is 10.3. The van der Waals surface area contributed by atoms with Crippen molar-refractivity contribution in [1.29, 1.82) is 0 Å². The van der Waals surface area contributed by atoms with Crippen LogP contribution in [0.2, 0.25) is 0 Å². The van der Waals surface area contributed by atoms with E-state index in [0.29, 0.717) is 0 Å². The zero-order chi connectivity index (χ0) is 5.98. The maximum Gasteiger partial charge on any atom is 0.171 e. The molecule has 0 aromatic heterocycles. The predicted molar refractivity (Wildman–Crippen MR) is 28.1 cm³/mol. The molecule has 0 bridgehead atoms. The fourth-order valence-corrected chi connectivity index (χ4v) is 0.505. The summed E-state index contributed by atoms with van der Waals surface area (Å²) in [7, 11) is 0. The van der Waals surface area contributed by atoms with E-state index in [1.807, 2.05) is 0 Å². The monoisotopic (exact) mass is 109 g/mol. The minimum Gasteiger partial charge on any atom is -0.512 e. The summed E-state index contributed by atoms with van der Waals surface area (Å²) in [6.07, 6.45) is 5.40. The van der Waals surface area contributed by atoms with Crippen LogP contribution in [0.15, 0.2) is 17.9 Å². The van der Waals surface area contributed by atoms with Gasteiger partial charge >= 0.3 is 0 Å². The molecular formula is C6H5O2. The molecule has 0 heterocycles. The van der Waals surface area contributed by atoms with E-state index in [9.17, 15) is 4.79 Å². The number of hydrogen-bond donors (Lipinski definition) is 1. The van der Waals surface area contributed by atoms with E-state index >= 15 is 0 Å². The average Bonchev–Trinajstić information content (AvgIpc) is 1.64. The summed E-state index contributed by atoms with van der Waals surface area (Å²) < 4.78 is 0. The first-order chi connectivity index (χ1) is 3.79. The van der Waals surface area contributed by atoms with E-state index in [2.05, 4.69) is 6.08 Å². The van der Waals surface area contributed by atoms with Crippen molar-refractivity contribution in [2.24, 2.45) is 0 Å². The van der Waals surface area contributed by atoms with E-state index in [-0.39, 0.29) is 18.0 Å². The van der Waals surface area contributed by atoms with Gasteiger partial charge in [0.2, 0.25) is 0 Å². The maximum atomic E-state index is 10.3. The molecule has 0 aromatic carbocycles. The molecule has 1 radical (unpaired) electrons. The standard InChI is InChI=1S/C6H5O2/c7-5-2-1-3-6(8)4-5/h1-2,7H,4H2. The van der Waals surface area contributed by atoms with Crippen molar-refractivity contribution in [2.45, 2.75) is 6.42 Å². The number of carbonyl (C=O) groups is 1. The predicted octanol–water partition coefficient (Wildman–Crippen LogP) is 0.760. The Bertz CT molecular complexity index is 165. The highest BCUT2D eigenvalue weighted by Crippen LogP contribution is 2.02. The number of hydrogen-bond acceptors (Lipinski definition) is 2. The van der Waals surface area contributed by atoms with Crippen LogP contribution in [0.4, 0.5) is 0 Å². The third kappa shape index (κ3) is 0.964. The second-order valence-corrected chi connectivity index (χ2v) is 1.57. The van der Waals surface area contributed by atoms with Gasteiger partial charge < -0.3 is 5.11 Å². The highest BCUT2D eigenvalue weighted by molar-refractivity contribution is 5.88. The summed E-state index contributed by atoms with van der Waals surface area (Å²) in [6.45, 7) is 0. The number of aliphatic hydroxyl groups is 1. The molecule has 2 nitrogen and oxygen atoms in total. The Morgan fingerprint density at radius 2 is 2.50 bits per heavy atom. The van der Waals surface area contributed by atoms with E-state index < -0.39 is 0 Å². The zero-order valence-electron chi connectivity index (χ0n) is 4.22. The molecular weight excluding hydrogens is 104 g/mol. The molecule has 2 heteroatoms. The Morgan fingerprint density at radius 1 is 1.75 bits per heavy atom. The largest absolute Gasteiger partial charge is 0.512 e. The second-order valence-electron chi connectivity index (χ2n) is 1.57. The van der Waals surface area contributed by atoms with Crippen molar-refractivity contribution in [3.63, 3.8) is 0 Å². The van der Waals surface area contributed by atoms with Gasteiger partial charge in [-0.05, 0) is 12.2 Å². The lowest BCUT2D eigenvalue weighted by atomic mass is 10.1. The summed E-state index contributed by atoms with van der Waals surface area (Å²) in [5, 5.41) is 8.65. The molecule has 0 amide bonds. The Morgan fingerprint density at radius 3 is 2.88 bits per heavy atom. The van der Waals surface area contributed by atoms with Crippen LogP contribution < -0.4 is 0 Å². The normalized spacial score (nSPS) is 18.5. The lowest BCUT2D eigenvalue weighted by Crippen LogP contribution is -1.98. The second kappa shape index (κ2) is 1.82. The number of ketones is 1. The summed E-state index contributed by atoms with van der Waals surface area (Å²) in [6, 6.07) is 0. The van der Waals surface area contributed by atoms with E-state index in [1.54, 1.807) is 0 Å². The van der Waals surface area contributed by atoms with Gasteiger partial charge in [0.1, 0.15) is 0 Å². The van der Waals surface area contributed by atoms with Crippen molar-refractivity contribution in [1.82, 2.24) is 0 Å². The van der Waals surface area contributed by atoms with Crippen LogP contribution in [-0.4, -0.2) is 10.9 Å². The van der Waals surface area contributed by atoms with Crippen molar-refractivity contribution in [3.8, 4) is 0 Å². The summed E-state index contributed by atoms with van der Waals surface area (Å²) in [5.74, 6) is -0.0428. The molecule has 0 saturated carbocycles. The van der Waals surface area contributed by atoms with Crippen LogP contribution in [-0.2, 0) is 4.79 Å². The van der Waals surface area contributed by atoms with Crippen LogP contribution in [0.25, 0.3) is 0 Å². The molecule has 0 fully saturated rings. The number of Topliss-reactive ketones (excluding diaryl/α,β-unsaturated/α-hetero) is 1. The molecule has 1 aliphatic rings.